The first-order valence-corrected chi connectivity index (χ1v) is 8.16. The maximum atomic E-state index is 3.55. The van der Waals surface area contributed by atoms with Crippen LogP contribution in [0.4, 0.5) is 0 Å². The zero-order valence-electron chi connectivity index (χ0n) is 10.2. The summed E-state index contributed by atoms with van der Waals surface area (Å²) in [6.07, 6.45) is 5.24. The first-order valence-electron chi connectivity index (χ1n) is 6.49. The summed E-state index contributed by atoms with van der Waals surface area (Å²) >= 11 is 5.33. The van der Waals surface area contributed by atoms with E-state index in [1.165, 1.54) is 48.2 Å². The topological polar surface area (TPSA) is 24.1 Å². The first-order chi connectivity index (χ1) is 8.34. The minimum Gasteiger partial charge on any atom is -0.316 e. The molecule has 4 heteroatoms. The third-order valence-electron chi connectivity index (χ3n) is 3.30. The standard InChI is InChI=1S/C13H21BrN2S/c14-12-8-13(17-10-12)4-7-15-6-3-11-2-1-5-16-9-11/h8,10-11,15-16H,1-7,9H2. The Labute approximate surface area is 116 Å². The van der Waals surface area contributed by atoms with Crippen molar-refractivity contribution in [2.75, 3.05) is 26.2 Å². The quantitative estimate of drug-likeness (QED) is 0.788. The van der Waals surface area contributed by atoms with Gasteiger partial charge in [0.25, 0.3) is 0 Å². The van der Waals surface area contributed by atoms with E-state index in [0.717, 1.165) is 18.9 Å². The molecule has 1 fully saturated rings. The summed E-state index contributed by atoms with van der Waals surface area (Å²) in [5, 5.41) is 9.18. The molecule has 2 rings (SSSR count). The summed E-state index contributed by atoms with van der Waals surface area (Å²) in [7, 11) is 0. The van der Waals surface area contributed by atoms with E-state index >= 15 is 0 Å². The van der Waals surface area contributed by atoms with Crippen LogP contribution in [-0.4, -0.2) is 26.2 Å². The Morgan fingerprint density at radius 3 is 3.12 bits per heavy atom. The lowest BCUT2D eigenvalue weighted by Crippen LogP contribution is -2.32. The van der Waals surface area contributed by atoms with Crippen molar-refractivity contribution in [2.24, 2.45) is 5.92 Å². The molecule has 0 spiro atoms. The molecule has 0 amide bonds. The fourth-order valence-electron chi connectivity index (χ4n) is 2.30. The molecule has 2 nitrogen and oxygen atoms in total. The lowest BCUT2D eigenvalue weighted by Gasteiger charge is -2.22. The van der Waals surface area contributed by atoms with Crippen LogP contribution in [0.25, 0.3) is 0 Å². The van der Waals surface area contributed by atoms with Crippen molar-refractivity contribution in [3.05, 3.63) is 20.8 Å². The van der Waals surface area contributed by atoms with Gasteiger partial charge in [0.1, 0.15) is 0 Å². The molecular formula is C13H21BrN2S. The van der Waals surface area contributed by atoms with E-state index < -0.39 is 0 Å². The summed E-state index contributed by atoms with van der Waals surface area (Å²) in [5.41, 5.74) is 0. The van der Waals surface area contributed by atoms with E-state index in [9.17, 15) is 0 Å². The fourth-order valence-corrected chi connectivity index (χ4v) is 3.75. The molecule has 1 aliphatic heterocycles. The summed E-state index contributed by atoms with van der Waals surface area (Å²) in [6.45, 7) is 4.71. The highest BCUT2D eigenvalue weighted by molar-refractivity contribution is 9.10. The Hall–Kier alpha value is 0.1000. The van der Waals surface area contributed by atoms with E-state index in [1.54, 1.807) is 0 Å². The molecule has 1 aliphatic rings. The molecule has 0 radical (unpaired) electrons. The van der Waals surface area contributed by atoms with Crippen molar-refractivity contribution in [1.82, 2.24) is 10.6 Å². The maximum absolute atomic E-state index is 3.55. The third kappa shape index (κ3) is 5.08. The van der Waals surface area contributed by atoms with Crippen LogP contribution in [0.15, 0.2) is 15.9 Å². The van der Waals surface area contributed by atoms with Gasteiger partial charge in [-0.25, -0.2) is 0 Å². The number of nitrogens with one attached hydrogen (secondary N) is 2. The van der Waals surface area contributed by atoms with Crippen molar-refractivity contribution in [3.8, 4) is 0 Å². The molecule has 1 atom stereocenters. The minimum absolute atomic E-state index is 0.895. The highest BCUT2D eigenvalue weighted by Gasteiger charge is 2.11. The van der Waals surface area contributed by atoms with Gasteiger partial charge in [-0.3, -0.25) is 0 Å². The summed E-state index contributed by atoms with van der Waals surface area (Å²) < 4.78 is 1.21. The number of halogens is 1. The van der Waals surface area contributed by atoms with Crippen LogP contribution < -0.4 is 10.6 Å². The van der Waals surface area contributed by atoms with Gasteiger partial charge in [-0.15, -0.1) is 11.3 Å². The Kier molecular flexibility index (Phi) is 5.98. The van der Waals surface area contributed by atoms with E-state index in [0.29, 0.717) is 0 Å². The fraction of sp³-hybridized carbons (Fsp3) is 0.692. The molecule has 1 saturated heterocycles. The van der Waals surface area contributed by atoms with Crippen LogP contribution in [-0.2, 0) is 6.42 Å². The molecule has 1 aromatic rings. The lowest BCUT2D eigenvalue weighted by atomic mass is 9.96. The van der Waals surface area contributed by atoms with E-state index in [1.807, 2.05) is 11.3 Å². The van der Waals surface area contributed by atoms with Crippen molar-refractivity contribution in [2.45, 2.75) is 25.7 Å². The van der Waals surface area contributed by atoms with Gasteiger partial charge in [-0.1, -0.05) is 0 Å². The molecule has 17 heavy (non-hydrogen) atoms. The van der Waals surface area contributed by atoms with Gasteiger partial charge >= 0.3 is 0 Å². The summed E-state index contributed by atoms with van der Waals surface area (Å²) in [4.78, 5) is 1.46. The van der Waals surface area contributed by atoms with Gasteiger partial charge in [0.2, 0.25) is 0 Å². The van der Waals surface area contributed by atoms with Gasteiger partial charge in [-0.2, -0.15) is 0 Å². The van der Waals surface area contributed by atoms with Crippen LogP contribution >= 0.6 is 27.3 Å². The second-order valence-corrected chi connectivity index (χ2v) is 6.64. The first kappa shape index (κ1) is 13.5. The number of rotatable bonds is 6. The SMILES string of the molecule is Brc1csc(CCNCCC2CCCNC2)c1. The van der Waals surface area contributed by atoms with Crippen LogP contribution in [0, 0.1) is 5.92 Å². The summed E-state index contributed by atoms with van der Waals surface area (Å²) in [5.74, 6) is 0.895. The highest BCUT2D eigenvalue weighted by Crippen LogP contribution is 2.19. The molecule has 96 valence electrons. The van der Waals surface area contributed by atoms with Crippen LogP contribution in [0.5, 0.6) is 0 Å². The minimum atomic E-state index is 0.895. The zero-order valence-corrected chi connectivity index (χ0v) is 12.6. The van der Waals surface area contributed by atoms with Gasteiger partial charge in [-0.05, 0) is 79.8 Å². The largest absolute Gasteiger partial charge is 0.316 e. The average molecular weight is 317 g/mol. The van der Waals surface area contributed by atoms with Gasteiger partial charge in [0, 0.05) is 14.7 Å². The second-order valence-electron chi connectivity index (χ2n) is 4.73. The van der Waals surface area contributed by atoms with Crippen molar-refractivity contribution < 1.29 is 0 Å². The normalized spacial score (nSPS) is 20.6. The van der Waals surface area contributed by atoms with Crippen molar-refractivity contribution >= 4 is 27.3 Å². The zero-order chi connectivity index (χ0) is 11.9. The molecule has 1 unspecified atom stereocenters. The molecule has 2 N–H and O–H groups in total. The van der Waals surface area contributed by atoms with E-state index in [4.69, 9.17) is 0 Å². The number of hydrogen-bond acceptors (Lipinski definition) is 3. The number of thiophene rings is 1. The van der Waals surface area contributed by atoms with Gasteiger partial charge in [0.15, 0.2) is 0 Å². The lowest BCUT2D eigenvalue weighted by molar-refractivity contribution is 0.352. The number of hydrogen-bond donors (Lipinski definition) is 2. The molecule has 1 aromatic heterocycles. The van der Waals surface area contributed by atoms with Crippen molar-refractivity contribution in [3.63, 3.8) is 0 Å². The molecule has 0 saturated carbocycles. The second kappa shape index (κ2) is 7.52. The van der Waals surface area contributed by atoms with Gasteiger partial charge in [0.05, 0.1) is 0 Å². The molecule has 0 aliphatic carbocycles. The Morgan fingerprint density at radius 1 is 1.47 bits per heavy atom. The molecule has 0 bridgehead atoms. The predicted molar refractivity (Wildman–Crippen MR) is 78.8 cm³/mol. The highest BCUT2D eigenvalue weighted by atomic mass is 79.9. The molecule has 2 heterocycles. The van der Waals surface area contributed by atoms with Crippen LogP contribution in [0.3, 0.4) is 0 Å². The molecular weight excluding hydrogens is 296 g/mol. The summed E-state index contributed by atoms with van der Waals surface area (Å²) in [6, 6.07) is 2.22. The van der Waals surface area contributed by atoms with Crippen molar-refractivity contribution in [1.29, 1.82) is 0 Å². The predicted octanol–water partition coefficient (Wildman–Crippen LogP) is 3.03. The Balaban J connectivity index is 1.51. The van der Waals surface area contributed by atoms with E-state index in [2.05, 4.69) is 38.0 Å². The van der Waals surface area contributed by atoms with Crippen LogP contribution in [0.1, 0.15) is 24.1 Å². The van der Waals surface area contributed by atoms with Crippen LogP contribution in [0.2, 0.25) is 0 Å². The van der Waals surface area contributed by atoms with Gasteiger partial charge < -0.3 is 10.6 Å². The number of piperidine rings is 1. The smallest absolute Gasteiger partial charge is 0.0285 e. The monoisotopic (exact) mass is 316 g/mol. The van der Waals surface area contributed by atoms with E-state index in [-0.39, 0.29) is 0 Å². The maximum Gasteiger partial charge on any atom is 0.0285 e. The Morgan fingerprint density at radius 2 is 2.41 bits per heavy atom. The Bertz CT molecular complexity index is 321. The average Bonchev–Trinajstić information content (AvgIpc) is 2.76. The third-order valence-corrected chi connectivity index (χ3v) is 5.06. The molecule has 0 aromatic carbocycles.